The third kappa shape index (κ3) is 2.60. The van der Waals surface area contributed by atoms with E-state index in [1.54, 1.807) is 24.3 Å². The first-order valence-electron chi connectivity index (χ1n) is 8.55. The molecule has 134 valence electrons. The molecule has 1 saturated heterocycles. The van der Waals surface area contributed by atoms with Crippen LogP contribution in [0.2, 0.25) is 0 Å². The van der Waals surface area contributed by atoms with Crippen molar-refractivity contribution < 1.29 is 24.2 Å². The zero-order valence-corrected chi connectivity index (χ0v) is 14.1. The van der Waals surface area contributed by atoms with E-state index >= 15 is 0 Å². The van der Waals surface area contributed by atoms with Gasteiger partial charge < -0.3 is 9.84 Å². The van der Waals surface area contributed by atoms with Crippen molar-refractivity contribution in [2.45, 2.75) is 19.4 Å². The van der Waals surface area contributed by atoms with Crippen LogP contribution in [0.15, 0.2) is 41.5 Å². The summed E-state index contributed by atoms with van der Waals surface area (Å²) in [5.41, 5.74) is 0.680. The highest BCUT2D eigenvalue weighted by Gasteiger charge is 2.59. The van der Waals surface area contributed by atoms with Gasteiger partial charge in [-0.2, -0.15) is 10.1 Å². The SMILES string of the molecule is C[C@@H](Oc1ccc(C=NN2C(=O)[C@@H]3[C@H](C2=O)[C@H]2C=C[C@H]3C2)cc1)C(=O)O. The number of hydrogen-bond donors (Lipinski definition) is 1. The number of hydrazone groups is 1. The first-order chi connectivity index (χ1) is 12.5. The fourth-order valence-electron chi connectivity index (χ4n) is 4.01. The van der Waals surface area contributed by atoms with E-state index in [0.717, 1.165) is 11.4 Å². The maximum atomic E-state index is 12.5. The molecule has 2 aliphatic carbocycles. The van der Waals surface area contributed by atoms with Crippen LogP contribution in [-0.4, -0.2) is 40.2 Å². The van der Waals surface area contributed by atoms with Gasteiger partial charge in [0.1, 0.15) is 5.75 Å². The number of fused-ring (bicyclic) bond motifs is 5. The molecule has 26 heavy (non-hydrogen) atoms. The molecule has 0 spiro atoms. The lowest BCUT2D eigenvalue weighted by Crippen LogP contribution is -2.28. The molecule has 1 aromatic carbocycles. The van der Waals surface area contributed by atoms with Gasteiger partial charge in [-0.05, 0) is 55.0 Å². The number of nitrogens with zero attached hydrogens (tertiary/aromatic N) is 2. The lowest BCUT2D eigenvalue weighted by molar-refractivity contribution is -0.144. The average Bonchev–Trinajstić information content (AvgIpc) is 3.29. The van der Waals surface area contributed by atoms with Crippen LogP contribution >= 0.6 is 0 Å². The van der Waals surface area contributed by atoms with Gasteiger partial charge >= 0.3 is 5.97 Å². The van der Waals surface area contributed by atoms with Gasteiger partial charge in [0.2, 0.25) is 0 Å². The van der Waals surface area contributed by atoms with Crippen LogP contribution in [0, 0.1) is 23.7 Å². The molecule has 1 aromatic rings. The van der Waals surface area contributed by atoms with Crippen LogP contribution in [0.25, 0.3) is 0 Å². The highest BCUT2D eigenvalue weighted by atomic mass is 16.5. The standard InChI is InChI=1S/C19H18N2O5/c1-10(19(24)25)26-14-6-2-11(3-7-14)9-20-21-17(22)15-12-4-5-13(8-12)16(15)18(21)23/h2-7,9-10,12-13,15-16H,8H2,1H3,(H,24,25)/t10-,12+,13+,15-,16+/m1/s1. The third-order valence-electron chi connectivity index (χ3n) is 5.31. The number of hydrogen-bond acceptors (Lipinski definition) is 5. The minimum atomic E-state index is -1.05. The lowest BCUT2D eigenvalue weighted by atomic mass is 9.85. The number of carboxylic acids is 1. The van der Waals surface area contributed by atoms with Gasteiger partial charge in [-0.3, -0.25) is 9.59 Å². The number of ether oxygens (including phenoxy) is 1. The maximum Gasteiger partial charge on any atom is 0.344 e. The Hall–Kier alpha value is -2.96. The topological polar surface area (TPSA) is 96.3 Å². The minimum Gasteiger partial charge on any atom is -0.479 e. The normalized spacial score (nSPS) is 30.3. The summed E-state index contributed by atoms with van der Waals surface area (Å²) in [6.07, 6.45) is 5.48. The number of carbonyl (C=O) groups is 3. The summed E-state index contributed by atoms with van der Waals surface area (Å²) in [7, 11) is 0. The van der Waals surface area contributed by atoms with Gasteiger partial charge in [0.25, 0.3) is 11.8 Å². The Bertz CT molecular complexity index is 799. The molecular formula is C19H18N2O5. The fourth-order valence-corrected chi connectivity index (χ4v) is 4.01. The summed E-state index contributed by atoms with van der Waals surface area (Å²) in [6, 6.07) is 6.61. The van der Waals surface area contributed by atoms with Crippen LogP contribution in [-0.2, 0) is 14.4 Å². The number of carbonyl (C=O) groups excluding carboxylic acids is 2. The second-order valence-corrected chi connectivity index (χ2v) is 6.90. The molecule has 2 fully saturated rings. The lowest BCUT2D eigenvalue weighted by Gasteiger charge is -2.13. The van der Waals surface area contributed by atoms with Crippen LogP contribution in [0.3, 0.4) is 0 Å². The Morgan fingerprint density at radius 1 is 1.19 bits per heavy atom. The van der Waals surface area contributed by atoms with E-state index in [9.17, 15) is 14.4 Å². The van der Waals surface area contributed by atoms with Crippen LogP contribution < -0.4 is 4.74 Å². The van der Waals surface area contributed by atoms with Crippen molar-refractivity contribution in [3.8, 4) is 5.75 Å². The van der Waals surface area contributed by atoms with E-state index in [0.29, 0.717) is 11.3 Å². The average molecular weight is 354 g/mol. The summed E-state index contributed by atoms with van der Waals surface area (Å²) in [4.78, 5) is 35.9. The van der Waals surface area contributed by atoms with E-state index in [-0.39, 0.29) is 35.5 Å². The molecular weight excluding hydrogens is 336 g/mol. The molecule has 7 heteroatoms. The number of rotatable bonds is 5. The first kappa shape index (κ1) is 16.5. The molecule has 3 aliphatic rings. The van der Waals surface area contributed by atoms with E-state index in [4.69, 9.17) is 9.84 Å². The van der Waals surface area contributed by atoms with Gasteiger partial charge in [-0.1, -0.05) is 12.2 Å². The molecule has 4 rings (SSSR count). The Labute approximate surface area is 149 Å². The van der Waals surface area contributed by atoms with Crippen molar-refractivity contribution in [3.05, 3.63) is 42.0 Å². The van der Waals surface area contributed by atoms with E-state index in [1.807, 2.05) is 12.2 Å². The molecule has 1 heterocycles. The third-order valence-corrected chi connectivity index (χ3v) is 5.31. The number of imide groups is 1. The monoisotopic (exact) mass is 354 g/mol. The zero-order chi connectivity index (χ0) is 18.4. The highest BCUT2D eigenvalue weighted by molar-refractivity contribution is 6.06. The maximum absolute atomic E-state index is 12.5. The summed E-state index contributed by atoms with van der Waals surface area (Å²) in [5, 5.41) is 13.9. The Kier molecular flexibility index (Phi) is 3.86. The number of carboxylic acid groups (broad SMARTS) is 1. The Morgan fingerprint density at radius 2 is 1.77 bits per heavy atom. The highest BCUT2D eigenvalue weighted by Crippen LogP contribution is 2.52. The van der Waals surface area contributed by atoms with E-state index in [1.165, 1.54) is 13.1 Å². The van der Waals surface area contributed by atoms with Crippen LogP contribution in [0.4, 0.5) is 0 Å². The van der Waals surface area contributed by atoms with E-state index < -0.39 is 12.1 Å². The fraction of sp³-hybridized carbons (Fsp3) is 0.368. The predicted molar refractivity (Wildman–Crippen MR) is 91.3 cm³/mol. The molecule has 1 aliphatic heterocycles. The van der Waals surface area contributed by atoms with Crippen molar-refractivity contribution in [2.75, 3.05) is 0 Å². The van der Waals surface area contributed by atoms with Gasteiger partial charge in [0.15, 0.2) is 6.10 Å². The number of allylic oxidation sites excluding steroid dienone is 2. The molecule has 0 aromatic heterocycles. The van der Waals surface area contributed by atoms with Crippen molar-refractivity contribution in [2.24, 2.45) is 28.8 Å². The van der Waals surface area contributed by atoms with Gasteiger partial charge in [-0.25, -0.2) is 4.79 Å². The molecule has 5 atom stereocenters. The van der Waals surface area contributed by atoms with Gasteiger partial charge in [0.05, 0.1) is 18.1 Å². The second-order valence-electron chi connectivity index (χ2n) is 6.90. The van der Waals surface area contributed by atoms with Crippen molar-refractivity contribution >= 4 is 24.0 Å². The number of benzene rings is 1. The molecule has 2 bridgehead atoms. The largest absolute Gasteiger partial charge is 0.479 e. The van der Waals surface area contributed by atoms with E-state index in [2.05, 4.69) is 5.10 Å². The predicted octanol–water partition coefficient (Wildman–Crippen LogP) is 1.68. The molecule has 2 amide bonds. The zero-order valence-electron chi connectivity index (χ0n) is 14.1. The van der Waals surface area contributed by atoms with Crippen molar-refractivity contribution in [1.29, 1.82) is 0 Å². The Balaban J connectivity index is 1.45. The molecule has 1 N–H and O–H groups in total. The summed E-state index contributed by atoms with van der Waals surface area (Å²) < 4.78 is 5.25. The minimum absolute atomic E-state index is 0.161. The number of amides is 2. The summed E-state index contributed by atoms with van der Waals surface area (Å²) in [6.45, 7) is 1.45. The van der Waals surface area contributed by atoms with Crippen molar-refractivity contribution in [1.82, 2.24) is 5.01 Å². The molecule has 1 saturated carbocycles. The molecule has 7 nitrogen and oxygen atoms in total. The van der Waals surface area contributed by atoms with Crippen LogP contribution in [0.5, 0.6) is 5.75 Å². The first-order valence-corrected chi connectivity index (χ1v) is 8.55. The quantitative estimate of drug-likeness (QED) is 0.493. The number of aliphatic carboxylic acids is 1. The van der Waals surface area contributed by atoms with Gasteiger partial charge in [-0.15, -0.1) is 0 Å². The summed E-state index contributed by atoms with van der Waals surface area (Å²) >= 11 is 0. The smallest absolute Gasteiger partial charge is 0.344 e. The van der Waals surface area contributed by atoms with Crippen molar-refractivity contribution in [3.63, 3.8) is 0 Å². The Morgan fingerprint density at radius 3 is 2.31 bits per heavy atom. The summed E-state index contributed by atoms with van der Waals surface area (Å²) in [5.74, 6) is -1.26. The second kappa shape index (κ2) is 6.09. The molecule has 0 radical (unpaired) electrons. The van der Waals surface area contributed by atoms with Crippen LogP contribution in [0.1, 0.15) is 18.9 Å². The molecule has 0 unspecified atom stereocenters. The van der Waals surface area contributed by atoms with Gasteiger partial charge in [0, 0.05) is 0 Å².